The van der Waals surface area contributed by atoms with Crippen molar-refractivity contribution in [3.8, 4) is 6.07 Å². The third kappa shape index (κ3) is 3.11. The van der Waals surface area contributed by atoms with Crippen LogP contribution in [0.5, 0.6) is 0 Å². The Morgan fingerprint density at radius 2 is 2.22 bits per heavy atom. The SMILES string of the molecule is CCc1cccc(C)c1NC(=O)/C(C#N)=C\NC. The standard InChI is InChI=1S/C14H17N3O/c1-4-11-7-5-6-10(2)13(11)17-14(18)12(8-15)9-16-3/h5-7,9,16H,4H2,1-3H3,(H,17,18)/b12-9-. The molecule has 0 atom stereocenters. The molecule has 0 unspecified atom stereocenters. The lowest BCUT2D eigenvalue weighted by molar-refractivity contribution is -0.112. The Bertz CT molecular complexity index is 512. The largest absolute Gasteiger partial charge is 0.393 e. The monoisotopic (exact) mass is 243 g/mol. The fourth-order valence-electron chi connectivity index (χ4n) is 1.68. The van der Waals surface area contributed by atoms with Gasteiger partial charge in [-0.15, -0.1) is 0 Å². The minimum atomic E-state index is -0.393. The number of carbonyl (C=O) groups is 1. The highest BCUT2D eigenvalue weighted by Gasteiger charge is 2.12. The number of amides is 1. The second-order valence-corrected chi connectivity index (χ2v) is 3.88. The van der Waals surface area contributed by atoms with E-state index in [1.807, 2.05) is 38.1 Å². The first-order valence-corrected chi connectivity index (χ1v) is 5.81. The van der Waals surface area contributed by atoms with Gasteiger partial charge < -0.3 is 10.6 Å². The topological polar surface area (TPSA) is 64.9 Å². The molecule has 94 valence electrons. The molecule has 0 spiro atoms. The highest BCUT2D eigenvalue weighted by molar-refractivity contribution is 6.07. The molecular weight excluding hydrogens is 226 g/mol. The molecule has 0 bridgehead atoms. The van der Waals surface area contributed by atoms with Gasteiger partial charge in [0.1, 0.15) is 11.6 Å². The van der Waals surface area contributed by atoms with Crippen molar-refractivity contribution in [3.05, 3.63) is 41.1 Å². The van der Waals surface area contributed by atoms with Crippen molar-refractivity contribution >= 4 is 11.6 Å². The van der Waals surface area contributed by atoms with Crippen molar-refractivity contribution in [2.75, 3.05) is 12.4 Å². The van der Waals surface area contributed by atoms with E-state index in [-0.39, 0.29) is 5.57 Å². The number of hydrogen-bond acceptors (Lipinski definition) is 3. The summed E-state index contributed by atoms with van der Waals surface area (Å²) in [5.74, 6) is -0.393. The predicted octanol–water partition coefficient (Wildman–Crippen LogP) is 2.12. The third-order valence-corrected chi connectivity index (χ3v) is 2.63. The van der Waals surface area contributed by atoms with E-state index in [1.165, 1.54) is 6.20 Å². The summed E-state index contributed by atoms with van der Waals surface area (Å²) in [5.41, 5.74) is 2.90. The molecule has 0 aliphatic carbocycles. The first-order chi connectivity index (χ1) is 8.63. The van der Waals surface area contributed by atoms with Gasteiger partial charge in [-0.3, -0.25) is 4.79 Å². The first kappa shape index (κ1) is 13.8. The van der Waals surface area contributed by atoms with Crippen molar-refractivity contribution in [1.29, 1.82) is 5.26 Å². The smallest absolute Gasteiger partial charge is 0.267 e. The molecule has 1 aromatic carbocycles. The van der Waals surface area contributed by atoms with Crippen molar-refractivity contribution in [1.82, 2.24) is 5.32 Å². The molecule has 1 rings (SSSR count). The molecule has 0 fully saturated rings. The van der Waals surface area contributed by atoms with Crippen molar-refractivity contribution in [2.24, 2.45) is 0 Å². The van der Waals surface area contributed by atoms with Gasteiger partial charge in [0, 0.05) is 18.9 Å². The van der Waals surface area contributed by atoms with E-state index in [9.17, 15) is 4.79 Å². The van der Waals surface area contributed by atoms with Crippen LogP contribution in [0, 0.1) is 18.3 Å². The second kappa shape index (κ2) is 6.45. The van der Waals surface area contributed by atoms with Gasteiger partial charge >= 0.3 is 0 Å². The number of hydrogen-bond donors (Lipinski definition) is 2. The van der Waals surface area contributed by atoms with Crippen LogP contribution in [0.15, 0.2) is 30.0 Å². The first-order valence-electron chi connectivity index (χ1n) is 5.81. The summed E-state index contributed by atoms with van der Waals surface area (Å²) in [6.45, 7) is 3.96. The summed E-state index contributed by atoms with van der Waals surface area (Å²) in [6, 6.07) is 7.73. The molecular formula is C14H17N3O. The third-order valence-electron chi connectivity index (χ3n) is 2.63. The lowest BCUT2D eigenvalue weighted by Crippen LogP contribution is -2.17. The number of carbonyl (C=O) groups excluding carboxylic acids is 1. The van der Waals surface area contributed by atoms with Crippen molar-refractivity contribution < 1.29 is 4.79 Å². The summed E-state index contributed by atoms with van der Waals surface area (Å²) in [7, 11) is 1.65. The van der Waals surface area contributed by atoms with Gasteiger partial charge in [-0.05, 0) is 24.5 Å². The Hall–Kier alpha value is -2.28. The minimum Gasteiger partial charge on any atom is -0.393 e. The number of nitrogens with one attached hydrogen (secondary N) is 2. The predicted molar refractivity (Wildman–Crippen MR) is 71.9 cm³/mol. The van der Waals surface area contributed by atoms with Crippen LogP contribution in [0.3, 0.4) is 0 Å². The molecule has 0 saturated heterocycles. The molecule has 0 aliphatic rings. The summed E-state index contributed by atoms with van der Waals surface area (Å²) in [5, 5.41) is 14.4. The average Bonchev–Trinajstić information content (AvgIpc) is 2.38. The molecule has 18 heavy (non-hydrogen) atoms. The van der Waals surface area contributed by atoms with Crippen molar-refractivity contribution in [3.63, 3.8) is 0 Å². The van der Waals surface area contributed by atoms with Crippen LogP contribution in [0.4, 0.5) is 5.69 Å². The summed E-state index contributed by atoms with van der Waals surface area (Å²) >= 11 is 0. The zero-order valence-corrected chi connectivity index (χ0v) is 10.9. The van der Waals surface area contributed by atoms with Gasteiger partial charge in [-0.25, -0.2) is 0 Å². The average molecular weight is 243 g/mol. The molecule has 0 heterocycles. The quantitative estimate of drug-likeness (QED) is 0.629. The van der Waals surface area contributed by atoms with Crippen LogP contribution in [-0.4, -0.2) is 13.0 Å². The Balaban J connectivity index is 3.02. The molecule has 0 aliphatic heterocycles. The number of rotatable bonds is 4. The number of para-hydroxylation sites is 1. The van der Waals surface area contributed by atoms with E-state index < -0.39 is 5.91 Å². The van der Waals surface area contributed by atoms with Gasteiger partial charge in [-0.2, -0.15) is 5.26 Å². The van der Waals surface area contributed by atoms with E-state index in [0.29, 0.717) is 0 Å². The highest BCUT2D eigenvalue weighted by atomic mass is 16.1. The second-order valence-electron chi connectivity index (χ2n) is 3.88. The highest BCUT2D eigenvalue weighted by Crippen LogP contribution is 2.21. The Kier molecular flexibility index (Phi) is 4.94. The van der Waals surface area contributed by atoms with Gasteiger partial charge in [-0.1, -0.05) is 25.1 Å². The number of aryl methyl sites for hydroxylation is 2. The fourth-order valence-corrected chi connectivity index (χ4v) is 1.68. The van der Waals surface area contributed by atoms with Crippen LogP contribution in [-0.2, 0) is 11.2 Å². The number of nitriles is 1. The van der Waals surface area contributed by atoms with Gasteiger partial charge in [0.25, 0.3) is 5.91 Å². The van der Waals surface area contributed by atoms with Crippen LogP contribution >= 0.6 is 0 Å². The summed E-state index contributed by atoms with van der Waals surface area (Å²) in [4.78, 5) is 11.9. The molecule has 0 saturated carbocycles. The summed E-state index contributed by atoms with van der Waals surface area (Å²) in [6.07, 6.45) is 2.22. The number of anilines is 1. The Labute approximate surface area is 107 Å². The maximum atomic E-state index is 11.9. The van der Waals surface area contributed by atoms with Crippen LogP contribution in [0.25, 0.3) is 0 Å². The molecule has 4 heteroatoms. The van der Waals surface area contributed by atoms with E-state index >= 15 is 0 Å². The molecule has 0 radical (unpaired) electrons. The fraction of sp³-hybridized carbons (Fsp3) is 0.286. The van der Waals surface area contributed by atoms with Crippen molar-refractivity contribution in [2.45, 2.75) is 20.3 Å². The summed E-state index contributed by atoms with van der Waals surface area (Å²) < 4.78 is 0. The van der Waals surface area contributed by atoms with Gasteiger partial charge in [0.2, 0.25) is 0 Å². The Morgan fingerprint density at radius 3 is 2.78 bits per heavy atom. The molecule has 1 amide bonds. The van der Waals surface area contributed by atoms with Gasteiger partial charge in [0.15, 0.2) is 0 Å². The zero-order valence-electron chi connectivity index (χ0n) is 10.9. The maximum Gasteiger partial charge on any atom is 0.267 e. The molecule has 0 aromatic heterocycles. The maximum absolute atomic E-state index is 11.9. The van der Waals surface area contributed by atoms with Gasteiger partial charge in [0.05, 0.1) is 0 Å². The normalized spacial score (nSPS) is 10.7. The zero-order chi connectivity index (χ0) is 13.5. The molecule has 2 N–H and O–H groups in total. The van der Waals surface area contributed by atoms with E-state index in [1.54, 1.807) is 7.05 Å². The number of benzene rings is 1. The van der Waals surface area contributed by atoms with E-state index in [2.05, 4.69) is 10.6 Å². The molecule has 1 aromatic rings. The van der Waals surface area contributed by atoms with E-state index in [0.717, 1.165) is 23.2 Å². The Morgan fingerprint density at radius 1 is 1.50 bits per heavy atom. The minimum absolute atomic E-state index is 0.0582. The van der Waals surface area contributed by atoms with Crippen LogP contribution < -0.4 is 10.6 Å². The van der Waals surface area contributed by atoms with Crippen LogP contribution in [0.2, 0.25) is 0 Å². The lowest BCUT2D eigenvalue weighted by Gasteiger charge is -2.12. The van der Waals surface area contributed by atoms with Crippen LogP contribution in [0.1, 0.15) is 18.1 Å². The number of nitrogens with zero attached hydrogens (tertiary/aromatic N) is 1. The molecule has 4 nitrogen and oxygen atoms in total. The van der Waals surface area contributed by atoms with E-state index in [4.69, 9.17) is 5.26 Å². The lowest BCUT2D eigenvalue weighted by atomic mass is 10.1.